The average Bonchev–Trinajstić information content (AvgIpc) is 3.04. The van der Waals surface area contributed by atoms with Crippen molar-refractivity contribution in [2.24, 2.45) is 0 Å². The van der Waals surface area contributed by atoms with Crippen molar-refractivity contribution in [2.75, 3.05) is 7.11 Å². The van der Waals surface area contributed by atoms with E-state index >= 15 is 0 Å². The summed E-state index contributed by atoms with van der Waals surface area (Å²) in [5.41, 5.74) is 2.24. The van der Waals surface area contributed by atoms with E-state index in [1.54, 1.807) is 23.0 Å². The Bertz CT molecular complexity index is 783. The molecule has 7 heteroatoms. The monoisotopic (exact) mass is 379 g/mol. The molecule has 0 N–H and O–H groups in total. The number of rotatable bonds is 6. The molecule has 25 heavy (non-hydrogen) atoms. The van der Waals surface area contributed by atoms with Gasteiger partial charge in [-0.1, -0.05) is 53.6 Å². The average molecular weight is 380 g/mol. The second-order valence-corrected chi connectivity index (χ2v) is 6.22. The van der Waals surface area contributed by atoms with Gasteiger partial charge in [0, 0.05) is 12.0 Å². The van der Waals surface area contributed by atoms with Crippen LogP contribution in [0.15, 0.2) is 18.3 Å². The van der Waals surface area contributed by atoms with Crippen molar-refractivity contribution in [3.05, 3.63) is 39.6 Å². The van der Waals surface area contributed by atoms with Crippen LogP contribution in [-0.4, -0.2) is 28.1 Å². The molecule has 0 amide bonds. The Morgan fingerprint density at radius 1 is 1.32 bits per heavy atom. The third-order valence-corrected chi connectivity index (χ3v) is 4.13. The number of esters is 1. The third kappa shape index (κ3) is 5.22. The molecule has 0 atom stereocenters. The maximum Gasteiger partial charge on any atom is 0.306 e. The number of hydrogen-bond acceptors (Lipinski definition) is 4. The normalized spacial score (nSPS) is 10.2. The Balaban J connectivity index is 2.22. The predicted molar refractivity (Wildman–Crippen MR) is 98.1 cm³/mol. The number of unbranched alkanes of at least 4 members (excludes halogenated alkanes) is 1. The third-order valence-electron chi connectivity index (χ3n) is 3.55. The van der Waals surface area contributed by atoms with E-state index in [-0.39, 0.29) is 12.4 Å². The lowest BCUT2D eigenvalue weighted by Gasteiger charge is -2.10. The van der Waals surface area contributed by atoms with Crippen molar-refractivity contribution in [2.45, 2.75) is 39.0 Å². The largest absolute Gasteiger partial charge is 0.469 e. The number of benzene rings is 1. The quantitative estimate of drug-likeness (QED) is 0.556. The van der Waals surface area contributed by atoms with Crippen LogP contribution in [0.1, 0.15) is 43.9 Å². The van der Waals surface area contributed by atoms with Gasteiger partial charge in [-0.15, -0.1) is 5.10 Å². The molecule has 0 aliphatic heterocycles. The highest BCUT2D eigenvalue weighted by Gasteiger charge is 2.14. The fourth-order valence-electron chi connectivity index (χ4n) is 2.24. The first-order chi connectivity index (χ1) is 12.1. The van der Waals surface area contributed by atoms with E-state index in [0.29, 0.717) is 27.7 Å². The summed E-state index contributed by atoms with van der Waals surface area (Å²) >= 11 is 12.8. The van der Waals surface area contributed by atoms with Crippen LogP contribution in [0, 0.1) is 11.8 Å². The summed E-state index contributed by atoms with van der Waals surface area (Å²) < 4.78 is 6.25. The first-order valence-electron chi connectivity index (χ1n) is 8.01. The molecule has 1 aromatic heterocycles. The van der Waals surface area contributed by atoms with Gasteiger partial charge in [0.1, 0.15) is 5.69 Å². The molecule has 2 aromatic rings. The first kappa shape index (κ1) is 19.3. The van der Waals surface area contributed by atoms with Crippen LogP contribution in [0.5, 0.6) is 0 Å². The Hall–Kier alpha value is -2.03. The molecular formula is C18H19Cl2N3O2. The predicted octanol–water partition coefficient (Wildman–Crippen LogP) is 4.22. The Morgan fingerprint density at radius 2 is 2.04 bits per heavy atom. The summed E-state index contributed by atoms with van der Waals surface area (Å²) in [6.45, 7) is 2.13. The number of aryl methyl sites for hydroxylation is 1. The summed E-state index contributed by atoms with van der Waals surface area (Å²) in [7, 11) is 1.35. The highest BCUT2D eigenvalue weighted by atomic mass is 35.5. The van der Waals surface area contributed by atoms with Gasteiger partial charge in [-0.2, -0.15) is 0 Å². The van der Waals surface area contributed by atoms with Gasteiger partial charge in [0.2, 0.25) is 0 Å². The zero-order valence-corrected chi connectivity index (χ0v) is 15.7. The van der Waals surface area contributed by atoms with Crippen molar-refractivity contribution in [3.8, 4) is 17.5 Å². The number of aromatic nitrogens is 3. The molecule has 0 fully saturated rings. The van der Waals surface area contributed by atoms with Crippen LogP contribution in [0.3, 0.4) is 0 Å². The van der Waals surface area contributed by atoms with Gasteiger partial charge >= 0.3 is 5.97 Å². The van der Waals surface area contributed by atoms with Gasteiger partial charge in [-0.3, -0.25) is 4.79 Å². The van der Waals surface area contributed by atoms with Gasteiger partial charge in [0.15, 0.2) is 0 Å². The lowest BCUT2D eigenvalue weighted by molar-refractivity contribution is -0.140. The van der Waals surface area contributed by atoms with E-state index in [0.717, 1.165) is 25.0 Å². The van der Waals surface area contributed by atoms with E-state index in [4.69, 9.17) is 23.2 Å². The maximum absolute atomic E-state index is 11.1. The number of ether oxygens (including phenoxy) is 1. The highest BCUT2D eigenvalue weighted by Crippen LogP contribution is 2.30. The SMILES string of the molecule is CCCCc1cnnn1-c1c(Cl)cc(C#CCCC(=O)OC)cc1Cl. The second-order valence-electron chi connectivity index (χ2n) is 5.41. The molecule has 0 unspecified atom stereocenters. The van der Waals surface area contributed by atoms with Crippen LogP contribution >= 0.6 is 23.2 Å². The fraction of sp³-hybridized carbons (Fsp3) is 0.389. The van der Waals surface area contributed by atoms with Gasteiger partial charge in [-0.25, -0.2) is 4.68 Å². The van der Waals surface area contributed by atoms with Crippen molar-refractivity contribution >= 4 is 29.2 Å². The summed E-state index contributed by atoms with van der Waals surface area (Å²) in [4.78, 5) is 11.1. The first-order valence-corrected chi connectivity index (χ1v) is 8.77. The minimum absolute atomic E-state index is 0.253. The molecule has 0 saturated carbocycles. The smallest absolute Gasteiger partial charge is 0.306 e. The summed E-state index contributed by atoms with van der Waals surface area (Å²) in [5, 5.41) is 8.97. The van der Waals surface area contributed by atoms with E-state index in [2.05, 4.69) is 33.8 Å². The van der Waals surface area contributed by atoms with E-state index in [1.807, 2.05) is 0 Å². The summed E-state index contributed by atoms with van der Waals surface area (Å²) in [6.07, 6.45) is 5.35. The van der Waals surface area contributed by atoms with Gasteiger partial charge in [-0.05, 0) is 25.0 Å². The van der Waals surface area contributed by atoms with E-state index in [1.165, 1.54) is 7.11 Å². The number of carbonyl (C=O) groups is 1. The van der Waals surface area contributed by atoms with Crippen molar-refractivity contribution < 1.29 is 9.53 Å². The number of hydrogen-bond donors (Lipinski definition) is 0. The summed E-state index contributed by atoms with van der Waals surface area (Å²) in [5.74, 6) is 5.58. The molecule has 0 spiro atoms. The van der Waals surface area contributed by atoms with Crippen LogP contribution in [-0.2, 0) is 16.0 Å². The molecule has 0 aliphatic carbocycles. The van der Waals surface area contributed by atoms with Crippen LogP contribution < -0.4 is 0 Å². The molecule has 0 radical (unpaired) electrons. The molecule has 132 valence electrons. The number of halogens is 2. The molecule has 0 saturated heterocycles. The Kier molecular flexibility index (Phi) is 7.30. The minimum Gasteiger partial charge on any atom is -0.469 e. The molecule has 1 heterocycles. The van der Waals surface area contributed by atoms with Gasteiger partial charge in [0.05, 0.1) is 35.5 Å². The number of carbonyl (C=O) groups excluding carboxylic acids is 1. The standard InChI is InChI=1S/C18H19Cl2N3O2/c1-3-4-8-14-12-21-22-23(14)18-15(19)10-13(11-16(18)20)7-5-6-9-17(24)25-2/h10-12H,3-4,6,8-9H2,1-2H3. The number of nitrogens with zero attached hydrogens (tertiary/aromatic N) is 3. The lowest BCUT2D eigenvalue weighted by Crippen LogP contribution is -2.04. The van der Waals surface area contributed by atoms with Gasteiger partial charge < -0.3 is 4.74 Å². The Labute approximate surface area is 157 Å². The number of methoxy groups -OCH3 is 1. The molecule has 2 rings (SSSR count). The molecule has 5 nitrogen and oxygen atoms in total. The van der Waals surface area contributed by atoms with E-state index < -0.39 is 0 Å². The Morgan fingerprint density at radius 3 is 2.68 bits per heavy atom. The summed E-state index contributed by atoms with van der Waals surface area (Å²) in [6, 6.07) is 3.47. The second kappa shape index (κ2) is 9.45. The van der Waals surface area contributed by atoms with Crippen LogP contribution in [0.4, 0.5) is 0 Å². The minimum atomic E-state index is -0.286. The molecule has 1 aromatic carbocycles. The van der Waals surface area contributed by atoms with E-state index in [9.17, 15) is 4.79 Å². The molecular weight excluding hydrogens is 361 g/mol. The van der Waals surface area contributed by atoms with Crippen LogP contribution in [0.2, 0.25) is 10.0 Å². The highest BCUT2D eigenvalue weighted by molar-refractivity contribution is 6.37. The molecule has 0 bridgehead atoms. The zero-order valence-electron chi connectivity index (χ0n) is 14.2. The fourth-order valence-corrected chi connectivity index (χ4v) is 2.89. The lowest BCUT2D eigenvalue weighted by atomic mass is 10.1. The van der Waals surface area contributed by atoms with Crippen molar-refractivity contribution in [3.63, 3.8) is 0 Å². The molecule has 0 aliphatic rings. The van der Waals surface area contributed by atoms with Crippen molar-refractivity contribution in [1.82, 2.24) is 15.0 Å². The maximum atomic E-state index is 11.1. The topological polar surface area (TPSA) is 57.0 Å². The zero-order chi connectivity index (χ0) is 18.2. The van der Waals surface area contributed by atoms with Crippen molar-refractivity contribution in [1.29, 1.82) is 0 Å². The van der Waals surface area contributed by atoms with Gasteiger partial charge in [0.25, 0.3) is 0 Å². The van der Waals surface area contributed by atoms with Crippen LogP contribution in [0.25, 0.3) is 5.69 Å².